The Kier molecular flexibility index (Phi) is 10.9. The fourth-order valence-corrected chi connectivity index (χ4v) is 9.03. The minimum atomic E-state index is -3.40. The topological polar surface area (TPSA) is 127 Å². The Morgan fingerprint density at radius 1 is 1.20 bits per heavy atom. The van der Waals surface area contributed by atoms with Gasteiger partial charge < -0.3 is 21.1 Å². The Morgan fingerprint density at radius 3 is 2.70 bits per heavy atom. The second kappa shape index (κ2) is 14.5. The van der Waals surface area contributed by atoms with E-state index < -0.39 is 39.5 Å². The van der Waals surface area contributed by atoms with Crippen molar-refractivity contribution < 1.29 is 26.7 Å². The van der Waals surface area contributed by atoms with E-state index in [1.54, 1.807) is 10.4 Å². The molecule has 5 rings (SSSR count). The second-order valence-corrected chi connectivity index (χ2v) is 14.6. The van der Waals surface area contributed by atoms with Crippen LogP contribution in [0.5, 0.6) is 0 Å². The summed E-state index contributed by atoms with van der Waals surface area (Å²) in [4.78, 5) is 17.6. The smallest absolute Gasteiger partial charge is 0.241 e. The number of nitrogens with one attached hydrogen (secondary N) is 2. The van der Waals surface area contributed by atoms with Gasteiger partial charge in [0.25, 0.3) is 0 Å². The average Bonchev–Trinajstić information content (AvgIpc) is 3.11. The number of pyridine rings is 1. The number of fused-ring (bicyclic) bond motifs is 2. The van der Waals surface area contributed by atoms with Crippen LogP contribution in [-0.4, -0.2) is 73.3 Å². The Hall–Kier alpha value is -2.22. The number of nitrogens with two attached hydrogens (primary N) is 1. The van der Waals surface area contributed by atoms with Gasteiger partial charge in [-0.25, -0.2) is 17.2 Å². The van der Waals surface area contributed by atoms with E-state index in [2.05, 4.69) is 15.6 Å². The summed E-state index contributed by atoms with van der Waals surface area (Å²) in [5.41, 5.74) is 7.64. The van der Waals surface area contributed by atoms with Gasteiger partial charge in [0.05, 0.1) is 41.0 Å². The summed E-state index contributed by atoms with van der Waals surface area (Å²) >= 11 is 5.96. The van der Waals surface area contributed by atoms with Crippen LogP contribution < -0.4 is 16.4 Å². The second-order valence-electron chi connectivity index (χ2n) is 12.2. The van der Waals surface area contributed by atoms with Gasteiger partial charge in [0, 0.05) is 43.3 Å². The molecule has 1 aliphatic carbocycles. The number of carbonyl (C=O) groups excluding carboxylic acids is 1. The van der Waals surface area contributed by atoms with E-state index in [-0.39, 0.29) is 52.6 Å². The maximum absolute atomic E-state index is 15.2. The molecule has 3 fully saturated rings. The van der Waals surface area contributed by atoms with Crippen molar-refractivity contribution in [2.75, 3.05) is 30.8 Å². The highest BCUT2D eigenvalue weighted by Crippen LogP contribution is 2.40. The molecule has 2 saturated heterocycles. The van der Waals surface area contributed by atoms with Gasteiger partial charge in [-0.2, -0.15) is 4.31 Å². The molecule has 4 N–H and O–H groups in total. The molecule has 0 radical (unpaired) electrons. The van der Waals surface area contributed by atoms with Crippen LogP contribution in [0.2, 0.25) is 5.02 Å². The summed E-state index contributed by atoms with van der Waals surface area (Å²) < 4.78 is 62.9. The van der Waals surface area contributed by atoms with Crippen molar-refractivity contribution in [1.82, 2.24) is 14.6 Å². The number of ether oxygens (including phenoxy) is 1. The molecule has 1 amide bonds. The monoisotopic (exact) mass is 653 g/mol. The van der Waals surface area contributed by atoms with Gasteiger partial charge in [0.2, 0.25) is 15.9 Å². The molecule has 2 aliphatic heterocycles. The lowest BCUT2D eigenvalue weighted by molar-refractivity contribution is -0.118. The van der Waals surface area contributed by atoms with E-state index in [0.29, 0.717) is 38.1 Å². The standard InChI is InChI=1S/C31H42ClF2N5O4S/c1-2-43-23-9-5-19(6-10-23)29(20-7-12-25(32)26(33)14-20)30(35)31(40)38-28-17-36-16-27(34)24(28)11-8-22-15-37-21-4-3-13-44(41,42)39(22)18-21/h7,12,14,16-17,19,21-23,29-30,37H,2-6,8-11,13,15,18,35H2,1H3,(H,38,40). The molecule has 44 heavy (non-hydrogen) atoms. The summed E-state index contributed by atoms with van der Waals surface area (Å²) in [5, 5.41) is 6.20. The molecule has 2 bridgehead atoms. The molecule has 242 valence electrons. The van der Waals surface area contributed by atoms with E-state index in [1.807, 2.05) is 6.92 Å². The number of aromatic nitrogens is 1. The van der Waals surface area contributed by atoms with Gasteiger partial charge in [-0.05, 0) is 81.9 Å². The zero-order chi connectivity index (χ0) is 31.4. The summed E-state index contributed by atoms with van der Waals surface area (Å²) in [6, 6.07) is 3.23. The summed E-state index contributed by atoms with van der Waals surface area (Å²) in [6.07, 6.45) is 7.68. The molecule has 9 nitrogen and oxygen atoms in total. The van der Waals surface area contributed by atoms with Crippen LogP contribution in [0.4, 0.5) is 14.5 Å². The van der Waals surface area contributed by atoms with Gasteiger partial charge in [0.1, 0.15) is 11.6 Å². The van der Waals surface area contributed by atoms with E-state index in [9.17, 15) is 17.6 Å². The van der Waals surface area contributed by atoms with Crippen molar-refractivity contribution in [3.63, 3.8) is 0 Å². The molecular weight excluding hydrogens is 612 g/mol. The van der Waals surface area contributed by atoms with Crippen LogP contribution in [0, 0.1) is 17.6 Å². The molecule has 0 spiro atoms. The molecule has 13 heteroatoms. The zero-order valence-electron chi connectivity index (χ0n) is 25.0. The van der Waals surface area contributed by atoms with Crippen molar-refractivity contribution in [2.24, 2.45) is 11.7 Å². The number of halogens is 3. The third kappa shape index (κ3) is 7.59. The average molecular weight is 654 g/mol. The number of hydrogen-bond donors (Lipinski definition) is 3. The van der Waals surface area contributed by atoms with E-state index in [0.717, 1.165) is 38.3 Å². The highest BCUT2D eigenvalue weighted by molar-refractivity contribution is 7.89. The summed E-state index contributed by atoms with van der Waals surface area (Å²) in [5.74, 6) is -2.13. The predicted molar refractivity (Wildman–Crippen MR) is 166 cm³/mol. The molecule has 5 unspecified atom stereocenters. The lowest BCUT2D eigenvalue weighted by Gasteiger charge is -2.37. The molecule has 3 aliphatic rings. The highest BCUT2D eigenvalue weighted by Gasteiger charge is 2.39. The van der Waals surface area contributed by atoms with Crippen molar-refractivity contribution in [3.8, 4) is 0 Å². The normalized spacial score (nSPS) is 28.1. The predicted octanol–water partition coefficient (Wildman–Crippen LogP) is 4.36. The fraction of sp³-hybridized carbons (Fsp3) is 0.613. The Labute approximate surface area is 263 Å². The number of rotatable bonds is 10. The molecule has 1 saturated carbocycles. The Bertz CT molecular complexity index is 1430. The molecular formula is C31H42ClF2N5O4S. The fourth-order valence-electron chi connectivity index (χ4n) is 7.10. The molecule has 2 aromatic rings. The van der Waals surface area contributed by atoms with Crippen LogP contribution in [-0.2, 0) is 26.0 Å². The van der Waals surface area contributed by atoms with Gasteiger partial charge in [0.15, 0.2) is 0 Å². The largest absolute Gasteiger partial charge is 0.379 e. The first kappa shape index (κ1) is 33.2. The third-order valence-corrected chi connectivity index (χ3v) is 11.7. The van der Waals surface area contributed by atoms with Crippen LogP contribution in [0.1, 0.15) is 68.9 Å². The first-order chi connectivity index (χ1) is 21.1. The lowest BCUT2D eigenvalue weighted by atomic mass is 9.72. The maximum Gasteiger partial charge on any atom is 0.241 e. The molecule has 3 heterocycles. The van der Waals surface area contributed by atoms with Crippen molar-refractivity contribution in [1.29, 1.82) is 0 Å². The van der Waals surface area contributed by atoms with E-state index in [1.165, 1.54) is 18.3 Å². The summed E-state index contributed by atoms with van der Waals surface area (Å²) in [6.45, 7) is 3.47. The zero-order valence-corrected chi connectivity index (χ0v) is 26.6. The summed E-state index contributed by atoms with van der Waals surface area (Å²) in [7, 11) is -3.40. The van der Waals surface area contributed by atoms with E-state index in [4.69, 9.17) is 22.1 Å². The third-order valence-electron chi connectivity index (χ3n) is 9.40. The van der Waals surface area contributed by atoms with Crippen LogP contribution in [0.25, 0.3) is 0 Å². The number of amides is 1. The first-order valence-electron chi connectivity index (χ1n) is 15.6. The van der Waals surface area contributed by atoms with Gasteiger partial charge >= 0.3 is 0 Å². The van der Waals surface area contributed by atoms with Gasteiger partial charge in [-0.1, -0.05) is 17.7 Å². The number of benzene rings is 1. The van der Waals surface area contributed by atoms with Crippen molar-refractivity contribution >= 4 is 33.2 Å². The highest BCUT2D eigenvalue weighted by atomic mass is 35.5. The SMILES string of the molecule is CCOC1CCC(C(c2ccc(Cl)c(F)c2)C(N)C(=O)Nc2cncc(F)c2CCC2CNC3CCCS(=O)(=O)N2C3)CC1. The Morgan fingerprint density at radius 2 is 1.98 bits per heavy atom. The van der Waals surface area contributed by atoms with Gasteiger partial charge in [-0.15, -0.1) is 0 Å². The van der Waals surface area contributed by atoms with Crippen LogP contribution >= 0.6 is 11.6 Å². The molecule has 1 aromatic carbocycles. The number of sulfonamides is 1. The Balaban J connectivity index is 1.33. The molecule has 5 atom stereocenters. The quantitative estimate of drug-likeness (QED) is 0.348. The van der Waals surface area contributed by atoms with E-state index >= 15 is 4.39 Å². The number of piperazine rings is 1. The van der Waals surface area contributed by atoms with Crippen LogP contribution in [0.15, 0.2) is 30.6 Å². The lowest BCUT2D eigenvalue weighted by Crippen LogP contribution is -2.57. The maximum atomic E-state index is 15.2. The minimum absolute atomic E-state index is 0.00339. The molecule has 1 aromatic heterocycles. The van der Waals surface area contributed by atoms with Crippen molar-refractivity contribution in [3.05, 3.63) is 58.4 Å². The van der Waals surface area contributed by atoms with Gasteiger partial charge in [-0.3, -0.25) is 9.78 Å². The number of anilines is 1. The number of nitrogens with zero attached hydrogens (tertiary/aromatic N) is 2. The first-order valence-corrected chi connectivity index (χ1v) is 17.5. The number of hydrogen-bond acceptors (Lipinski definition) is 7. The minimum Gasteiger partial charge on any atom is -0.379 e. The van der Waals surface area contributed by atoms with Crippen molar-refractivity contribution in [2.45, 2.75) is 88.4 Å². The number of carbonyl (C=O) groups is 1. The van der Waals surface area contributed by atoms with Crippen LogP contribution in [0.3, 0.4) is 0 Å².